The first kappa shape index (κ1) is 14.4. The molecule has 1 aromatic heterocycles. The van der Waals surface area contributed by atoms with Crippen LogP contribution in [0, 0.1) is 11.3 Å². The number of nitriles is 1. The standard InChI is InChI=1S/C15H17ClN4/c1-3-10(2)20-15(18)13(9-17)14(19-20)8-11-4-6-12(16)7-5-11/h4-7,10H,3,8,18H2,1-2H3/t10-/m0/s1. The van der Waals surface area contributed by atoms with Crippen molar-refractivity contribution in [3.63, 3.8) is 0 Å². The fourth-order valence-electron chi connectivity index (χ4n) is 2.05. The summed E-state index contributed by atoms with van der Waals surface area (Å²) < 4.78 is 1.74. The minimum atomic E-state index is 0.182. The van der Waals surface area contributed by atoms with Crippen LogP contribution < -0.4 is 5.73 Å². The molecule has 0 unspecified atom stereocenters. The smallest absolute Gasteiger partial charge is 0.140 e. The Morgan fingerprint density at radius 1 is 1.40 bits per heavy atom. The van der Waals surface area contributed by atoms with Crippen LogP contribution in [0.1, 0.15) is 43.1 Å². The van der Waals surface area contributed by atoms with Gasteiger partial charge in [0, 0.05) is 11.4 Å². The van der Waals surface area contributed by atoms with E-state index in [-0.39, 0.29) is 6.04 Å². The maximum atomic E-state index is 9.28. The van der Waals surface area contributed by atoms with E-state index < -0.39 is 0 Å². The van der Waals surface area contributed by atoms with Crippen molar-refractivity contribution in [2.24, 2.45) is 0 Å². The van der Waals surface area contributed by atoms with Gasteiger partial charge in [-0.05, 0) is 31.0 Å². The molecule has 2 rings (SSSR count). The Morgan fingerprint density at radius 2 is 2.05 bits per heavy atom. The molecule has 0 spiro atoms. The molecule has 2 N–H and O–H groups in total. The number of benzene rings is 1. The first-order chi connectivity index (χ1) is 9.56. The van der Waals surface area contributed by atoms with Crippen molar-refractivity contribution >= 4 is 17.4 Å². The number of hydrogen-bond donors (Lipinski definition) is 1. The van der Waals surface area contributed by atoms with E-state index in [4.69, 9.17) is 17.3 Å². The highest BCUT2D eigenvalue weighted by atomic mass is 35.5. The van der Waals surface area contributed by atoms with Gasteiger partial charge in [0.1, 0.15) is 17.5 Å². The number of aromatic nitrogens is 2. The van der Waals surface area contributed by atoms with Crippen molar-refractivity contribution in [2.45, 2.75) is 32.7 Å². The number of nitrogens with two attached hydrogens (primary N) is 1. The quantitative estimate of drug-likeness (QED) is 0.935. The number of nitrogen functional groups attached to an aromatic ring is 1. The summed E-state index contributed by atoms with van der Waals surface area (Å²) in [6, 6.07) is 9.87. The Kier molecular flexibility index (Phi) is 4.31. The summed E-state index contributed by atoms with van der Waals surface area (Å²) in [6.45, 7) is 4.10. The van der Waals surface area contributed by atoms with Crippen LogP contribution in [-0.2, 0) is 6.42 Å². The van der Waals surface area contributed by atoms with Crippen LogP contribution >= 0.6 is 11.6 Å². The number of halogens is 1. The van der Waals surface area contributed by atoms with Crippen LogP contribution in [-0.4, -0.2) is 9.78 Å². The van der Waals surface area contributed by atoms with Gasteiger partial charge in [-0.3, -0.25) is 0 Å². The summed E-state index contributed by atoms with van der Waals surface area (Å²) in [5.74, 6) is 0.450. The highest BCUT2D eigenvalue weighted by Crippen LogP contribution is 2.24. The molecule has 0 radical (unpaired) electrons. The normalized spacial score (nSPS) is 12.1. The zero-order chi connectivity index (χ0) is 14.7. The zero-order valence-corrected chi connectivity index (χ0v) is 12.4. The van der Waals surface area contributed by atoms with E-state index in [1.807, 2.05) is 31.2 Å². The summed E-state index contributed by atoms with van der Waals surface area (Å²) in [7, 11) is 0. The topological polar surface area (TPSA) is 67.6 Å². The zero-order valence-electron chi connectivity index (χ0n) is 11.6. The molecule has 20 heavy (non-hydrogen) atoms. The Morgan fingerprint density at radius 3 is 2.60 bits per heavy atom. The molecule has 104 valence electrons. The number of anilines is 1. The van der Waals surface area contributed by atoms with Crippen molar-refractivity contribution < 1.29 is 0 Å². The Balaban J connectivity index is 2.36. The molecule has 5 heteroatoms. The van der Waals surface area contributed by atoms with Crippen molar-refractivity contribution in [1.29, 1.82) is 5.26 Å². The van der Waals surface area contributed by atoms with Crippen LogP contribution in [0.3, 0.4) is 0 Å². The van der Waals surface area contributed by atoms with Gasteiger partial charge in [-0.25, -0.2) is 4.68 Å². The first-order valence-corrected chi connectivity index (χ1v) is 6.96. The van der Waals surface area contributed by atoms with Gasteiger partial charge in [-0.1, -0.05) is 30.7 Å². The predicted octanol–water partition coefficient (Wildman–Crippen LogP) is 3.55. The van der Waals surface area contributed by atoms with Crippen molar-refractivity contribution in [3.8, 4) is 6.07 Å². The van der Waals surface area contributed by atoms with Crippen LogP contribution in [0.2, 0.25) is 5.02 Å². The van der Waals surface area contributed by atoms with E-state index in [2.05, 4.69) is 18.1 Å². The number of rotatable bonds is 4. The van der Waals surface area contributed by atoms with Gasteiger partial charge in [0.05, 0.1) is 11.7 Å². The number of hydrogen-bond acceptors (Lipinski definition) is 3. The lowest BCUT2D eigenvalue weighted by Gasteiger charge is -2.10. The van der Waals surface area contributed by atoms with Crippen LogP contribution in [0.25, 0.3) is 0 Å². The molecule has 1 heterocycles. The molecule has 0 fully saturated rings. The van der Waals surface area contributed by atoms with Crippen molar-refractivity contribution in [3.05, 3.63) is 46.1 Å². The maximum Gasteiger partial charge on any atom is 0.140 e. The van der Waals surface area contributed by atoms with Crippen molar-refractivity contribution in [2.75, 3.05) is 5.73 Å². The monoisotopic (exact) mass is 288 g/mol. The van der Waals surface area contributed by atoms with Gasteiger partial charge >= 0.3 is 0 Å². The summed E-state index contributed by atoms with van der Waals surface area (Å²) in [5, 5.41) is 14.5. The fourth-order valence-corrected chi connectivity index (χ4v) is 2.17. The maximum absolute atomic E-state index is 9.28. The van der Waals surface area contributed by atoms with Crippen LogP contribution in [0.4, 0.5) is 5.82 Å². The third kappa shape index (κ3) is 2.78. The molecular weight excluding hydrogens is 272 g/mol. The molecule has 0 aliphatic carbocycles. The minimum absolute atomic E-state index is 0.182. The lowest BCUT2D eigenvalue weighted by Crippen LogP contribution is -2.09. The highest BCUT2D eigenvalue weighted by molar-refractivity contribution is 6.30. The van der Waals surface area contributed by atoms with Gasteiger partial charge in [0.2, 0.25) is 0 Å². The summed E-state index contributed by atoms with van der Waals surface area (Å²) in [6.07, 6.45) is 1.49. The van der Waals surface area contributed by atoms with E-state index in [9.17, 15) is 5.26 Å². The SMILES string of the molecule is CC[C@H](C)n1nc(Cc2ccc(Cl)cc2)c(C#N)c1N. The van der Waals surface area contributed by atoms with Gasteiger partial charge < -0.3 is 5.73 Å². The summed E-state index contributed by atoms with van der Waals surface area (Å²) in [4.78, 5) is 0. The Bertz CT molecular complexity index is 637. The number of nitrogens with zero attached hydrogens (tertiary/aromatic N) is 3. The molecule has 2 aromatic rings. The molecule has 0 aliphatic heterocycles. The van der Waals surface area contributed by atoms with E-state index in [0.717, 1.165) is 12.0 Å². The summed E-state index contributed by atoms with van der Waals surface area (Å²) >= 11 is 5.87. The Hall–Kier alpha value is -1.99. The summed E-state index contributed by atoms with van der Waals surface area (Å²) in [5.41, 5.74) is 8.27. The molecule has 0 aliphatic rings. The Labute approximate surface area is 123 Å². The molecule has 0 bridgehead atoms. The van der Waals surface area contributed by atoms with Crippen LogP contribution in [0.5, 0.6) is 0 Å². The molecule has 0 saturated carbocycles. The van der Waals surface area contributed by atoms with Crippen molar-refractivity contribution in [1.82, 2.24) is 9.78 Å². The second kappa shape index (κ2) is 5.98. The van der Waals surface area contributed by atoms with E-state index in [0.29, 0.717) is 28.5 Å². The van der Waals surface area contributed by atoms with Gasteiger partial charge in [0.25, 0.3) is 0 Å². The first-order valence-electron chi connectivity index (χ1n) is 6.58. The van der Waals surface area contributed by atoms with E-state index in [1.165, 1.54) is 0 Å². The molecular formula is C15H17ClN4. The average molecular weight is 289 g/mol. The molecule has 4 nitrogen and oxygen atoms in total. The largest absolute Gasteiger partial charge is 0.383 e. The second-order valence-corrected chi connectivity index (χ2v) is 5.26. The second-order valence-electron chi connectivity index (χ2n) is 4.82. The van der Waals surface area contributed by atoms with E-state index >= 15 is 0 Å². The fraction of sp³-hybridized carbons (Fsp3) is 0.333. The lowest BCUT2D eigenvalue weighted by atomic mass is 10.1. The third-order valence-electron chi connectivity index (χ3n) is 3.42. The molecule has 1 aromatic carbocycles. The van der Waals surface area contributed by atoms with Crippen LogP contribution in [0.15, 0.2) is 24.3 Å². The highest BCUT2D eigenvalue weighted by Gasteiger charge is 2.18. The lowest BCUT2D eigenvalue weighted by molar-refractivity contribution is 0.481. The van der Waals surface area contributed by atoms with Gasteiger partial charge in [-0.15, -0.1) is 0 Å². The third-order valence-corrected chi connectivity index (χ3v) is 3.68. The van der Waals surface area contributed by atoms with Gasteiger partial charge in [0.15, 0.2) is 0 Å². The minimum Gasteiger partial charge on any atom is -0.383 e. The predicted molar refractivity (Wildman–Crippen MR) is 80.6 cm³/mol. The van der Waals surface area contributed by atoms with E-state index in [1.54, 1.807) is 4.68 Å². The molecule has 0 saturated heterocycles. The average Bonchev–Trinajstić information content (AvgIpc) is 2.76. The molecule has 0 amide bonds. The van der Waals surface area contributed by atoms with Gasteiger partial charge in [-0.2, -0.15) is 10.4 Å². The molecule has 1 atom stereocenters.